The molecule has 0 aliphatic carbocycles. The summed E-state index contributed by atoms with van der Waals surface area (Å²) in [6, 6.07) is 11.7. The SMILES string of the molecule is CCN(/C=C(/C#N)C(=O)NCCCC(=O)O)Cc1ccccc1. The van der Waals surface area contributed by atoms with Crippen LogP contribution in [0.4, 0.5) is 0 Å². The second-order valence-corrected chi connectivity index (χ2v) is 4.96. The number of hydrogen-bond acceptors (Lipinski definition) is 4. The van der Waals surface area contributed by atoms with Crippen molar-refractivity contribution in [3.8, 4) is 6.07 Å². The van der Waals surface area contributed by atoms with Crippen LogP contribution in [0.5, 0.6) is 0 Å². The molecule has 0 fully saturated rings. The molecule has 23 heavy (non-hydrogen) atoms. The summed E-state index contributed by atoms with van der Waals surface area (Å²) >= 11 is 0. The highest BCUT2D eigenvalue weighted by Crippen LogP contribution is 2.07. The number of amides is 1. The number of carboxylic acids is 1. The number of benzene rings is 1. The standard InChI is InChI=1S/C17H21N3O3/c1-2-20(12-14-7-4-3-5-8-14)13-15(11-18)17(23)19-10-6-9-16(21)22/h3-5,7-8,13H,2,6,9-10,12H2,1H3,(H,19,23)(H,21,22)/b15-13-. The Morgan fingerprint density at radius 3 is 2.61 bits per heavy atom. The van der Waals surface area contributed by atoms with Gasteiger partial charge in [0.15, 0.2) is 0 Å². The average Bonchev–Trinajstić information content (AvgIpc) is 2.55. The Morgan fingerprint density at radius 2 is 2.04 bits per heavy atom. The van der Waals surface area contributed by atoms with Gasteiger partial charge < -0.3 is 15.3 Å². The summed E-state index contributed by atoms with van der Waals surface area (Å²) in [6.07, 6.45) is 1.86. The van der Waals surface area contributed by atoms with E-state index in [2.05, 4.69) is 5.32 Å². The summed E-state index contributed by atoms with van der Waals surface area (Å²) < 4.78 is 0. The maximum atomic E-state index is 11.9. The van der Waals surface area contributed by atoms with Gasteiger partial charge in [-0.05, 0) is 18.9 Å². The zero-order chi connectivity index (χ0) is 17.1. The van der Waals surface area contributed by atoms with Gasteiger partial charge in [0, 0.05) is 32.3 Å². The van der Waals surface area contributed by atoms with Gasteiger partial charge >= 0.3 is 5.97 Å². The molecular weight excluding hydrogens is 294 g/mol. The van der Waals surface area contributed by atoms with Gasteiger partial charge in [0.1, 0.15) is 11.6 Å². The van der Waals surface area contributed by atoms with Crippen molar-refractivity contribution in [1.82, 2.24) is 10.2 Å². The lowest BCUT2D eigenvalue weighted by Crippen LogP contribution is -2.28. The van der Waals surface area contributed by atoms with Crippen molar-refractivity contribution in [3.05, 3.63) is 47.7 Å². The summed E-state index contributed by atoms with van der Waals surface area (Å²) in [5.74, 6) is -1.39. The minimum absolute atomic E-state index is 0.0121. The Kier molecular flexibility index (Phi) is 7.94. The highest BCUT2D eigenvalue weighted by atomic mass is 16.4. The zero-order valence-corrected chi connectivity index (χ0v) is 13.2. The van der Waals surface area contributed by atoms with Crippen LogP contribution in [0.3, 0.4) is 0 Å². The first kappa shape index (κ1) is 18.2. The topological polar surface area (TPSA) is 93.4 Å². The van der Waals surface area contributed by atoms with E-state index in [4.69, 9.17) is 10.4 Å². The van der Waals surface area contributed by atoms with E-state index in [0.29, 0.717) is 19.5 Å². The van der Waals surface area contributed by atoms with Crippen molar-refractivity contribution in [1.29, 1.82) is 5.26 Å². The number of rotatable bonds is 9. The van der Waals surface area contributed by atoms with Gasteiger partial charge in [-0.25, -0.2) is 0 Å². The van der Waals surface area contributed by atoms with Crippen LogP contribution < -0.4 is 5.32 Å². The van der Waals surface area contributed by atoms with E-state index < -0.39 is 11.9 Å². The quantitative estimate of drug-likeness (QED) is 0.412. The van der Waals surface area contributed by atoms with Crippen LogP contribution >= 0.6 is 0 Å². The number of aliphatic carboxylic acids is 1. The van der Waals surface area contributed by atoms with Crippen LogP contribution in [-0.2, 0) is 16.1 Å². The molecule has 1 rings (SSSR count). The maximum absolute atomic E-state index is 11.9. The number of nitrogens with one attached hydrogen (secondary N) is 1. The first-order valence-corrected chi connectivity index (χ1v) is 7.46. The van der Waals surface area contributed by atoms with Gasteiger partial charge in [-0.3, -0.25) is 9.59 Å². The van der Waals surface area contributed by atoms with Crippen molar-refractivity contribution in [2.24, 2.45) is 0 Å². The van der Waals surface area contributed by atoms with Crippen LogP contribution in [-0.4, -0.2) is 35.0 Å². The molecule has 6 heteroatoms. The second-order valence-electron chi connectivity index (χ2n) is 4.96. The minimum Gasteiger partial charge on any atom is -0.481 e. The highest BCUT2D eigenvalue weighted by molar-refractivity contribution is 5.97. The van der Waals surface area contributed by atoms with Crippen molar-refractivity contribution in [3.63, 3.8) is 0 Å². The number of hydrogen-bond donors (Lipinski definition) is 2. The Balaban J connectivity index is 2.62. The van der Waals surface area contributed by atoms with E-state index in [0.717, 1.165) is 5.56 Å². The van der Waals surface area contributed by atoms with E-state index in [-0.39, 0.29) is 18.5 Å². The number of carbonyl (C=O) groups excluding carboxylic acids is 1. The van der Waals surface area contributed by atoms with E-state index in [9.17, 15) is 9.59 Å². The predicted octanol–water partition coefficient (Wildman–Crippen LogP) is 1.90. The van der Waals surface area contributed by atoms with E-state index in [1.54, 1.807) is 6.20 Å². The van der Waals surface area contributed by atoms with Gasteiger partial charge in [-0.2, -0.15) is 5.26 Å². The van der Waals surface area contributed by atoms with Crippen LogP contribution in [0.2, 0.25) is 0 Å². The maximum Gasteiger partial charge on any atom is 0.303 e. The number of nitriles is 1. The fraction of sp³-hybridized carbons (Fsp3) is 0.353. The van der Waals surface area contributed by atoms with Crippen LogP contribution in [0.15, 0.2) is 42.1 Å². The molecule has 122 valence electrons. The largest absolute Gasteiger partial charge is 0.481 e. The smallest absolute Gasteiger partial charge is 0.303 e. The van der Waals surface area contributed by atoms with Crippen molar-refractivity contribution in [2.45, 2.75) is 26.3 Å². The van der Waals surface area contributed by atoms with Gasteiger partial charge in [-0.15, -0.1) is 0 Å². The third kappa shape index (κ3) is 7.14. The molecule has 0 aromatic heterocycles. The van der Waals surface area contributed by atoms with Crippen LogP contribution in [0.25, 0.3) is 0 Å². The Labute approximate surface area is 136 Å². The normalized spacial score (nSPS) is 10.7. The number of carboxylic acid groups (broad SMARTS) is 1. The monoisotopic (exact) mass is 315 g/mol. The van der Waals surface area contributed by atoms with Crippen molar-refractivity contribution in [2.75, 3.05) is 13.1 Å². The molecule has 2 N–H and O–H groups in total. The lowest BCUT2D eigenvalue weighted by molar-refractivity contribution is -0.137. The zero-order valence-electron chi connectivity index (χ0n) is 13.2. The number of carbonyl (C=O) groups is 2. The van der Waals surface area contributed by atoms with Gasteiger partial charge in [0.25, 0.3) is 5.91 Å². The summed E-state index contributed by atoms with van der Waals surface area (Å²) in [6.45, 7) is 3.44. The fourth-order valence-electron chi connectivity index (χ4n) is 1.92. The molecule has 0 aliphatic heterocycles. The van der Waals surface area contributed by atoms with Crippen LogP contribution in [0, 0.1) is 11.3 Å². The molecule has 1 aromatic carbocycles. The average molecular weight is 315 g/mol. The summed E-state index contributed by atoms with van der Waals surface area (Å²) in [5.41, 5.74) is 1.10. The molecule has 0 unspecified atom stereocenters. The molecular formula is C17H21N3O3. The summed E-state index contributed by atoms with van der Waals surface area (Å²) in [7, 11) is 0. The molecule has 0 radical (unpaired) electrons. The lowest BCUT2D eigenvalue weighted by atomic mass is 10.2. The third-order valence-electron chi connectivity index (χ3n) is 3.16. The molecule has 0 aliphatic rings. The van der Waals surface area contributed by atoms with E-state index in [1.165, 1.54) is 0 Å². The van der Waals surface area contributed by atoms with Gasteiger partial charge in [0.2, 0.25) is 0 Å². The highest BCUT2D eigenvalue weighted by Gasteiger charge is 2.10. The third-order valence-corrected chi connectivity index (χ3v) is 3.16. The fourth-order valence-corrected chi connectivity index (χ4v) is 1.92. The molecule has 1 aromatic rings. The first-order chi connectivity index (χ1) is 11.1. The van der Waals surface area contributed by atoms with Crippen LogP contribution in [0.1, 0.15) is 25.3 Å². The number of nitrogens with zero attached hydrogens (tertiary/aromatic N) is 2. The Morgan fingerprint density at radius 1 is 1.35 bits per heavy atom. The molecule has 0 saturated carbocycles. The molecule has 0 spiro atoms. The second kappa shape index (κ2) is 10.0. The molecule has 0 heterocycles. The Hall–Kier alpha value is -2.81. The summed E-state index contributed by atoms with van der Waals surface area (Å²) in [5, 5.41) is 20.3. The first-order valence-electron chi connectivity index (χ1n) is 7.46. The van der Waals surface area contributed by atoms with E-state index >= 15 is 0 Å². The molecule has 0 saturated heterocycles. The molecule has 1 amide bonds. The molecule has 0 atom stereocenters. The molecule has 0 bridgehead atoms. The van der Waals surface area contributed by atoms with Gasteiger partial charge in [0.05, 0.1) is 0 Å². The predicted molar refractivity (Wildman–Crippen MR) is 86.1 cm³/mol. The minimum atomic E-state index is -0.907. The lowest BCUT2D eigenvalue weighted by Gasteiger charge is -2.19. The summed E-state index contributed by atoms with van der Waals surface area (Å²) in [4.78, 5) is 24.2. The molecule has 6 nitrogen and oxygen atoms in total. The van der Waals surface area contributed by atoms with Crippen molar-refractivity contribution >= 4 is 11.9 Å². The van der Waals surface area contributed by atoms with Gasteiger partial charge in [-0.1, -0.05) is 30.3 Å². The van der Waals surface area contributed by atoms with E-state index in [1.807, 2.05) is 48.2 Å². The Bertz CT molecular complexity index is 591. The van der Waals surface area contributed by atoms with Crippen molar-refractivity contribution < 1.29 is 14.7 Å².